The summed E-state index contributed by atoms with van der Waals surface area (Å²) in [5.74, 6) is 0.437. The standard InChI is InChI=1S/C26H22N4O2S2/c31-23(17-32-20-7-2-1-3-8-20)28-18-11-13-19(14-12-18)30-25(22-10-6-16-34-22)24(29-26(30)33)21-9-4-5-15-27-21/h1-16,24-25H,17H2,(H,28,31)(H,29,33)/t24-,25-/m0/s1. The van der Waals surface area contributed by atoms with Gasteiger partial charge in [-0.1, -0.05) is 30.3 Å². The Labute approximate surface area is 207 Å². The predicted molar refractivity (Wildman–Crippen MR) is 139 cm³/mol. The van der Waals surface area contributed by atoms with Crippen molar-refractivity contribution in [1.82, 2.24) is 10.3 Å². The maximum Gasteiger partial charge on any atom is 0.262 e. The molecule has 3 heterocycles. The third kappa shape index (κ3) is 4.78. The van der Waals surface area contributed by atoms with Gasteiger partial charge in [0.25, 0.3) is 5.91 Å². The first-order chi connectivity index (χ1) is 16.7. The van der Waals surface area contributed by atoms with Crippen LogP contribution in [-0.2, 0) is 4.79 Å². The number of carbonyl (C=O) groups is 1. The van der Waals surface area contributed by atoms with Crippen molar-refractivity contribution in [2.45, 2.75) is 12.1 Å². The minimum Gasteiger partial charge on any atom is -0.484 e. The normalized spacial score (nSPS) is 17.3. The first kappa shape index (κ1) is 22.1. The molecule has 2 aromatic heterocycles. The van der Waals surface area contributed by atoms with E-state index in [0.717, 1.165) is 11.4 Å². The maximum absolute atomic E-state index is 12.3. The van der Waals surface area contributed by atoms with Gasteiger partial charge in [0.2, 0.25) is 0 Å². The van der Waals surface area contributed by atoms with E-state index in [1.165, 1.54) is 4.88 Å². The van der Waals surface area contributed by atoms with Crippen LogP contribution in [0.2, 0.25) is 0 Å². The van der Waals surface area contributed by atoms with Gasteiger partial charge in [0.15, 0.2) is 11.7 Å². The minimum absolute atomic E-state index is 0.0258. The van der Waals surface area contributed by atoms with Crippen LogP contribution in [0.1, 0.15) is 22.7 Å². The molecular weight excluding hydrogens is 464 g/mol. The molecule has 0 spiro atoms. The van der Waals surface area contributed by atoms with E-state index in [1.807, 2.05) is 78.9 Å². The van der Waals surface area contributed by atoms with Crippen LogP contribution >= 0.6 is 23.6 Å². The van der Waals surface area contributed by atoms with E-state index < -0.39 is 0 Å². The number of hydrogen-bond acceptors (Lipinski definition) is 5. The van der Waals surface area contributed by atoms with Crippen LogP contribution in [0.4, 0.5) is 11.4 Å². The Hall–Kier alpha value is -3.75. The van der Waals surface area contributed by atoms with Crippen molar-refractivity contribution in [1.29, 1.82) is 0 Å². The number of aromatic nitrogens is 1. The molecule has 1 fully saturated rings. The number of thiophene rings is 1. The summed E-state index contributed by atoms with van der Waals surface area (Å²) in [6.07, 6.45) is 1.80. The average Bonchev–Trinajstić information content (AvgIpc) is 3.52. The van der Waals surface area contributed by atoms with Crippen LogP contribution < -0.4 is 20.3 Å². The number of rotatable bonds is 7. The molecule has 5 rings (SSSR count). The fourth-order valence-electron chi connectivity index (χ4n) is 3.95. The topological polar surface area (TPSA) is 66.5 Å². The number of para-hydroxylation sites is 1. The van der Waals surface area contributed by atoms with Gasteiger partial charge in [-0.25, -0.2) is 0 Å². The highest BCUT2D eigenvalue weighted by molar-refractivity contribution is 7.80. The number of nitrogens with one attached hydrogen (secondary N) is 2. The van der Waals surface area contributed by atoms with Crippen molar-refractivity contribution < 1.29 is 9.53 Å². The molecule has 4 aromatic rings. The lowest BCUT2D eigenvalue weighted by Gasteiger charge is -2.27. The molecule has 2 atom stereocenters. The number of thiocarbonyl (C=S) groups is 1. The first-order valence-electron chi connectivity index (χ1n) is 10.8. The van der Waals surface area contributed by atoms with Gasteiger partial charge in [0.1, 0.15) is 5.75 Å². The van der Waals surface area contributed by atoms with Crippen molar-refractivity contribution in [2.24, 2.45) is 0 Å². The summed E-state index contributed by atoms with van der Waals surface area (Å²) in [5.41, 5.74) is 2.57. The molecule has 8 heteroatoms. The van der Waals surface area contributed by atoms with Gasteiger partial charge in [-0.05, 0) is 72.2 Å². The van der Waals surface area contributed by atoms with E-state index >= 15 is 0 Å². The van der Waals surface area contributed by atoms with E-state index in [1.54, 1.807) is 17.5 Å². The molecule has 1 aliphatic rings. The summed E-state index contributed by atoms with van der Waals surface area (Å²) in [7, 11) is 0. The van der Waals surface area contributed by atoms with Gasteiger partial charge in [-0.15, -0.1) is 11.3 Å². The lowest BCUT2D eigenvalue weighted by Crippen LogP contribution is -2.29. The van der Waals surface area contributed by atoms with Gasteiger partial charge in [-0.2, -0.15) is 0 Å². The summed E-state index contributed by atoms with van der Waals surface area (Å²) >= 11 is 7.43. The zero-order valence-electron chi connectivity index (χ0n) is 18.1. The molecule has 34 heavy (non-hydrogen) atoms. The van der Waals surface area contributed by atoms with E-state index in [0.29, 0.717) is 16.5 Å². The van der Waals surface area contributed by atoms with Crippen molar-refractivity contribution in [3.63, 3.8) is 0 Å². The average molecular weight is 487 g/mol. The monoisotopic (exact) mass is 486 g/mol. The number of anilines is 2. The minimum atomic E-state index is -0.221. The molecule has 0 bridgehead atoms. The van der Waals surface area contributed by atoms with Crippen molar-refractivity contribution >= 4 is 45.9 Å². The van der Waals surface area contributed by atoms with Gasteiger partial charge in [0, 0.05) is 22.4 Å². The second kappa shape index (κ2) is 10.0. The highest BCUT2D eigenvalue weighted by atomic mass is 32.1. The van der Waals surface area contributed by atoms with Crippen LogP contribution in [0.5, 0.6) is 5.75 Å². The van der Waals surface area contributed by atoms with E-state index in [4.69, 9.17) is 17.0 Å². The van der Waals surface area contributed by atoms with Crippen LogP contribution in [0.15, 0.2) is 96.5 Å². The second-order valence-corrected chi connectivity index (χ2v) is 9.07. The van der Waals surface area contributed by atoms with Gasteiger partial charge >= 0.3 is 0 Å². The van der Waals surface area contributed by atoms with Crippen LogP contribution in [0.3, 0.4) is 0 Å². The molecular formula is C26H22N4O2S2. The summed E-state index contributed by atoms with van der Waals surface area (Å²) in [5, 5.41) is 9.04. The predicted octanol–water partition coefficient (Wildman–Crippen LogP) is 5.34. The zero-order valence-corrected chi connectivity index (χ0v) is 19.8. The Morgan fingerprint density at radius 2 is 1.82 bits per heavy atom. The summed E-state index contributed by atoms with van der Waals surface area (Å²) in [6, 6.07) is 26.9. The molecule has 0 aliphatic carbocycles. The number of hydrogen-bond donors (Lipinski definition) is 2. The van der Waals surface area contributed by atoms with Crippen LogP contribution in [0, 0.1) is 0 Å². The molecule has 0 radical (unpaired) electrons. The van der Waals surface area contributed by atoms with E-state index in [2.05, 4.69) is 32.0 Å². The smallest absolute Gasteiger partial charge is 0.262 e. The van der Waals surface area contributed by atoms with Crippen molar-refractivity contribution in [3.05, 3.63) is 107 Å². The highest BCUT2D eigenvalue weighted by Gasteiger charge is 2.41. The number of carbonyl (C=O) groups excluding carboxylic acids is 1. The Balaban J connectivity index is 1.32. The van der Waals surface area contributed by atoms with E-state index in [9.17, 15) is 4.79 Å². The number of benzene rings is 2. The Bertz CT molecular complexity index is 1250. The maximum atomic E-state index is 12.3. The lowest BCUT2D eigenvalue weighted by molar-refractivity contribution is -0.118. The number of ether oxygens (including phenoxy) is 1. The van der Waals surface area contributed by atoms with E-state index in [-0.39, 0.29) is 24.6 Å². The third-order valence-corrected chi connectivity index (χ3v) is 6.73. The van der Waals surface area contributed by atoms with Gasteiger partial charge in [-0.3, -0.25) is 9.78 Å². The molecule has 1 saturated heterocycles. The molecule has 0 saturated carbocycles. The quantitative estimate of drug-likeness (QED) is 0.344. The molecule has 1 amide bonds. The largest absolute Gasteiger partial charge is 0.484 e. The number of nitrogens with zero attached hydrogens (tertiary/aromatic N) is 2. The number of amides is 1. The summed E-state index contributed by atoms with van der Waals surface area (Å²) < 4.78 is 5.52. The Kier molecular flexibility index (Phi) is 6.51. The van der Waals surface area contributed by atoms with Gasteiger partial charge < -0.3 is 20.3 Å². The molecule has 2 N–H and O–H groups in total. The SMILES string of the molecule is O=C(COc1ccccc1)Nc1ccc(N2C(=S)N[C@@H](c3ccccn3)[C@@H]2c2cccs2)cc1. The molecule has 6 nitrogen and oxygen atoms in total. The zero-order chi connectivity index (χ0) is 23.3. The third-order valence-electron chi connectivity index (χ3n) is 5.48. The van der Waals surface area contributed by atoms with Crippen molar-refractivity contribution in [2.75, 3.05) is 16.8 Å². The fraction of sp³-hybridized carbons (Fsp3) is 0.115. The molecule has 170 valence electrons. The van der Waals surface area contributed by atoms with Gasteiger partial charge in [0.05, 0.1) is 17.8 Å². The van der Waals surface area contributed by atoms with Crippen LogP contribution in [0.25, 0.3) is 0 Å². The second-order valence-electron chi connectivity index (χ2n) is 7.71. The first-order valence-corrected chi connectivity index (χ1v) is 12.1. The highest BCUT2D eigenvalue weighted by Crippen LogP contribution is 2.43. The summed E-state index contributed by atoms with van der Waals surface area (Å²) in [6.45, 7) is -0.0574. The molecule has 1 aliphatic heterocycles. The Morgan fingerprint density at radius 1 is 1.03 bits per heavy atom. The molecule has 0 unspecified atom stereocenters. The summed E-state index contributed by atoms with van der Waals surface area (Å²) in [4.78, 5) is 20.2. The van der Waals surface area contributed by atoms with Crippen molar-refractivity contribution in [3.8, 4) is 5.75 Å². The Morgan fingerprint density at radius 3 is 2.53 bits per heavy atom. The number of pyridine rings is 1. The van der Waals surface area contributed by atoms with Crippen LogP contribution in [-0.4, -0.2) is 22.6 Å². The molecule has 2 aromatic carbocycles. The fourth-order valence-corrected chi connectivity index (χ4v) is 5.15. The lowest BCUT2D eigenvalue weighted by atomic mass is 10.0.